The fourth-order valence-electron chi connectivity index (χ4n) is 1.61. The largest absolute Gasteiger partial charge is 0.452 e. The molecule has 19 heavy (non-hydrogen) atoms. The van der Waals surface area contributed by atoms with E-state index < -0.39 is 12.2 Å². The van der Waals surface area contributed by atoms with Crippen molar-refractivity contribution in [2.75, 3.05) is 5.73 Å². The van der Waals surface area contributed by atoms with E-state index >= 15 is 0 Å². The molecule has 0 aliphatic rings. The standard InChI is InChI=1S/C11H6BrF2N3OS/c12-7-3-4-9(15)16-10(17-11(4)19-7)6-2-1-5(18-6)8(13)14/h1-3,8H,(H2,15,16,17). The Morgan fingerprint density at radius 1 is 1.32 bits per heavy atom. The van der Waals surface area contributed by atoms with Gasteiger partial charge >= 0.3 is 0 Å². The van der Waals surface area contributed by atoms with Crippen LogP contribution < -0.4 is 5.73 Å². The fourth-order valence-corrected chi connectivity index (χ4v) is 3.07. The van der Waals surface area contributed by atoms with Crippen molar-refractivity contribution < 1.29 is 13.2 Å². The number of aromatic nitrogens is 2. The van der Waals surface area contributed by atoms with Crippen molar-refractivity contribution in [1.29, 1.82) is 0 Å². The van der Waals surface area contributed by atoms with Crippen molar-refractivity contribution >= 4 is 43.3 Å². The summed E-state index contributed by atoms with van der Waals surface area (Å²) in [6.07, 6.45) is -2.66. The van der Waals surface area contributed by atoms with Crippen molar-refractivity contribution in [2.24, 2.45) is 0 Å². The Bertz CT molecular complexity index is 756. The molecule has 0 radical (unpaired) electrons. The Hall–Kier alpha value is -1.54. The van der Waals surface area contributed by atoms with Crippen molar-refractivity contribution in [3.63, 3.8) is 0 Å². The second-order valence-electron chi connectivity index (χ2n) is 3.70. The number of furan rings is 1. The minimum absolute atomic E-state index is 0.174. The molecule has 3 heterocycles. The Kier molecular flexibility index (Phi) is 2.98. The number of nitrogens with two attached hydrogens (primary N) is 1. The van der Waals surface area contributed by atoms with Crippen molar-refractivity contribution in [3.8, 4) is 11.6 Å². The van der Waals surface area contributed by atoms with Gasteiger partial charge < -0.3 is 10.2 Å². The molecule has 0 aliphatic carbocycles. The number of halogens is 3. The minimum atomic E-state index is -2.66. The van der Waals surface area contributed by atoms with E-state index in [4.69, 9.17) is 10.2 Å². The predicted octanol–water partition coefficient (Wildman–Crippen LogP) is 4.23. The monoisotopic (exact) mass is 345 g/mol. The van der Waals surface area contributed by atoms with Crippen molar-refractivity contribution in [3.05, 3.63) is 27.7 Å². The Balaban J connectivity index is 2.13. The van der Waals surface area contributed by atoms with E-state index in [1.165, 1.54) is 23.5 Å². The van der Waals surface area contributed by atoms with Crippen LogP contribution in [0.2, 0.25) is 0 Å². The molecule has 3 aromatic rings. The van der Waals surface area contributed by atoms with Gasteiger partial charge in [-0.15, -0.1) is 11.3 Å². The van der Waals surface area contributed by atoms with E-state index in [-0.39, 0.29) is 17.4 Å². The molecule has 98 valence electrons. The maximum Gasteiger partial charge on any atom is 0.295 e. The van der Waals surface area contributed by atoms with Gasteiger partial charge in [0.1, 0.15) is 10.6 Å². The molecule has 0 spiro atoms. The number of alkyl halides is 2. The van der Waals surface area contributed by atoms with E-state index in [1.54, 1.807) is 0 Å². The molecule has 0 unspecified atom stereocenters. The van der Waals surface area contributed by atoms with Gasteiger partial charge in [-0.1, -0.05) is 0 Å². The number of fused-ring (bicyclic) bond motifs is 1. The number of hydrogen-bond donors (Lipinski definition) is 1. The van der Waals surface area contributed by atoms with Gasteiger partial charge in [-0.05, 0) is 34.1 Å². The number of nitrogens with zero attached hydrogens (tertiary/aromatic N) is 2. The van der Waals surface area contributed by atoms with Gasteiger partial charge in [0.2, 0.25) is 0 Å². The molecule has 0 atom stereocenters. The van der Waals surface area contributed by atoms with Gasteiger partial charge in [-0.2, -0.15) is 0 Å². The molecular weight excluding hydrogens is 340 g/mol. The third-order valence-corrected chi connectivity index (χ3v) is 3.99. The molecule has 3 rings (SSSR count). The van der Waals surface area contributed by atoms with Crippen LogP contribution in [0.4, 0.5) is 14.6 Å². The van der Waals surface area contributed by atoms with Gasteiger partial charge in [0.15, 0.2) is 17.3 Å². The first-order valence-electron chi connectivity index (χ1n) is 5.15. The summed E-state index contributed by atoms with van der Waals surface area (Å²) in [4.78, 5) is 9.00. The van der Waals surface area contributed by atoms with Gasteiger partial charge in [-0.3, -0.25) is 0 Å². The van der Waals surface area contributed by atoms with E-state index in [0.717, 1.165) is 9.17 Å². The number of thiophene rings is 1. The minimum Gasteiger partial charge on any atom is -0.452 e. The van der Waals surface area contributed by atoms with Crippen LogP contribution in [0.5, 0.6) is 0 Å². The lowest BCUT2D eigenvalue weighted by atomic mass is 10.3. The highest BCUT2D eigenvalue weighted by Gasteiger charge is 2.16. The molecule has 0 aliphatic heterocycles. The molecule has 3 aromatic heterocycles. The summed E-state index contributed by atoms with van der Waals surface area (Å²) in [6.45, 7) is 0. The zero-order valence-electron chi connectivity index (χ0n) is 9.23. The average Bonchev–Trinajstić information content (AvgIpc) is 2.94. The van der Waals surface area contributed by atoms with Crippen molar-refractivity contribution in [1.82, 2.24) is 9.97 Å². The van der Waals surface area contributed by atoms with Gasteiger partial charge in [-0.25, -0.2) is 18.7 Å². The normalized spacial score (nSPS) is 11.6. The summed E-state index contributed by atoms with van der Waals surface area (Å²) in [7, 11) is 0. The maximum absolute atomic E-state index is 12.5. The number of hydrogen-bond acceptors (Lipinski definition) is 5. The second-order valence-corrected chi connectivity index (χ2v) is 6.11. The predicted molar refractivity (Wildman–Crippen MR) is 72.2 cm³/mol. The molecular formula is C11H6BrF2N3OS. The summed E-state index contributed by atoms with van der Waals surface area (Å²) >= 11 is 4.72. The smallest absolute Gasteiger partial charge is 0.295 e. The Labute approximate surface area is 118 Å². The van der Waals surface area contributed by atoms with Crippen LogP contribution in [-0.4, -0.2) is 9.97 Å². The number of rotatable bonds is 2. The molecule has 0 saturated carbocycles. The molecule has 0 fully saturated rings. The van der Waals surface area contributed by atoms with Crippen LogP contribution in [0.1, 0.15) is 12.2 Å². The fraction of sp³-hybridized carbons (Fsp3) is 0.0909. The molecule has 8 heteroatoms. The van der Waals surface area contributed by atoms with Gasteiger partial charge in [0.05, 0.1) is 9.17 Å². The quantitative estimate of drug-likeness (QED) is 0.754. The second kappa shape index (κ2) is 4.53. The zero-order valence-corrected chi connectivity index (χ0v) is 11.6. The summed E-state index contributed by atoms with van der Waals surface area (Å²) in [5.41, 5.74) is 5.82. The Morgan fingerprint density at radius 2 is 2.11 bits per heavy atom. The zero-order chi connectivity index (χ0) is 13.6. The Morgan fingerprint density at radius 3 is 2.79 bits per heavy atom. The van der Waals surface area contributed by atoms with E-state index in [1.807, 2.05) is 6.07 Å². The first-order chi connectivity index (χ1) is 9.04. The van der Waals surface area contributed by atoms with Crippen LogP contribution in [0.25, 0.3) is 21.8 Å². The first kappa shape index (κ1) is 12.5. The molecule has 0 saturated heterocycles. The van der Waals surface area contributed by atoms with E-state index in [2.05, 4.69) is 25.9 Å². The molecule has 4 nitrogen and oxygen atoms in total. The lowest BCUT2D eigenvalue weighted by molar-refractivity contribution is 0.122. The first-order valence-corrected chi connectivity index (χ1v) is 6.76. The van der Waals surface area contributed by atoms with Crippen molar-refractivity contribution in [2.45, 2.75) is 6.43 Å². The van der Waals surface area contributed by atoms with Crippen LogP contribution in [0, 0.1) is 0 Å². The van der Waals surface area contributed by atoms with Crippen LogP contribution in [0.3, 0.4) is 0 Å². The van der Waals surface area contributed by atoms with E-state index in [0.29, 0.717) is 4.83 Å². The third-order valence-electron chi connectivity index (χ3n) is 2.45. The SMILES string of the molecule is Nc1nc(-c2ccc(C(F)F)o2)nc2sc(Br)cc12. The van der Waals surface area contributed by atoms with Crippen LogP contribution >= 0.6 is 27.3 Å². The summed E-state index contributed by atoms with van der Waals surface area (Å²) in [5.74, 6) is 0.251. The lowest BCUT2D eigenvalue weighted by Gasteiger charge is -1.99. The highest BCUT2D eigenvalue weighted by Crippen LogP contribution is 2.33. The molecule has 0 bridgehead atoms. The van der Waals surface area contributed by atoms with Gasteiger partial charge in [0, 0.05) is 0 Å². The summed E-state index contributed by atoms with van der Waals surface area (Å²) in [6, 6.07) is 4.42. The maximum atomic E-state index is 12.5. The topological polar surface area (TPSA) is 64.9 Å². The van der Waals surface area contributed by atoms with E-state index in [9.17, 15) is 8.78 Å². The number of anilines is 1. The average molecular weight is 346 g/mol. The van der Waals surface area contributed by atoms with Crippen LogP contribution in [0.15, 0.2) is 26.4 Å². The number of nitrogen functional groups attached to an aromatic ring is 1. The molecule has 0 amide bonds. The highest BCUT2D eigenvalue weighted by molar-refractivity contribution is 9.11. The highest BCUT2D eigenvalue weighted by atomic mass is 79.9. The summed E-state index contributed by atoms with van der Waals surface area (Å²) in [5, 5.41) is 0.723. The van der Waals surface area contributed by atoms with Crippen LogP contribution in [-0.2, 0) is 0 Å². The lowest BCUT2D eigenvalue weighted by Crippen LogP contribution is -1.95. The molecule has 2 N–H and O–H groups in total. The molecule has 0 aromatic carbocycles. The third kappa shape index (κ3) is 2.21. The summed E-state index contributed by atoms with van der Waals surface area (Å²) < 4.78 is 30.8. The van der Waals surface area contributed by atoms with Gasteiger partial charge in [0.25, 0.3) is 6.43 Å².